The van der Waals surface area contributed by atoms with E-state index >= 15 is 0 Å². The summed E-state index contributed by atoms with van der Waals surface area (Å²) in [4.78, 5) is 21.0. The van der Waals surface area contributed by atoms with Crippen LogP contribution >= 0.6 is 0 Å². The summed E-state index contributed by atoms with van der Waals surface area (Å²) in [6.45, 7) is 4.26. The maximum absolute atomic E-state index is 11.7. The average molecular weight is 289 g/mol. The zero-order valence-corrected chi connectivity index (χ0v) is 12.8. The smallest absolute Gasteiger partial charge is 0.339 e. The molecule has 21 heavy (non-hydrogen) atoms. The van der Waals surface area contributed by atoms with Gasteiger partial charge >= 0.3 is 5.97 Å². The number of carbonyl (C=O) groups excluding carboxylic acids is 1. The van der Waals surface area contributed by atoms with E-state index in [1.807, 2.05) is 19.1 Å². The summed E-state index contributed by atoms with van der Waals surface area (Å²) in [5.74, 6) is 0.662. The maximum Gasteiger partial charge on any atom is 0.339 e. The first-order valence-electron chi connectivity index (χ1n) is 7.79. The van der Waals surface area contributed by atoms with E-state index < -0.39 is 0 Å². The van der Waals surface area contributed by atoms with E-state index in [4.69, 9.17) is 4.74 Å². The Morgan fingerprint density at radius 2 is 2.14 bits per heavy atom. The quantitative estimate of drug-likeness (QED) is 0.796. The summed E-state index contributed by atoms with van der Waals surface area (Å²) < 4.78 is 4.99. The van der Waals surface area contributed by atoms with E-state index in [1.165, 1.54) is 19.3 Å². The van der Waals surface area contributed by atoms with Gasteiger partial charge in [-0.05, 0) is 45.4 Å². The first-order valence-corrected chi connectivity index (χ1v) is 7.79. The molecule has 2 atom stereocenters. The van der Waals surface area contributed by atoms with Gasteiger partial charge in [0.2, 0.25) is 0 Å². The normalized spacial score (nSPS) is 25.7. The molecular formula is C16H23N3O2. The second kappa shape index (κ2) is 6.02. The van der Waals surface area contributed by atoms with Crippen molar-refractivity contribution in [2.24, 2.45) is 0 Å². The summed E-state index contributed by atoms with van der Waals surface area (Å²) in [6.07, 6.45) is 5.41. The fourth-order valence-electron chi connectivity index (χ4n) is 3.43. The van der Waals surface area contributed by atoms with Gasteiger partial charge in [0.15, 0.2) is 0 Å². The van der Waals surface area contributed by atoms with Crippen molar-refractivity contribution in [2.45, 2.75) is 38.3 Å². The van der Waals surface area contributed by atoms with Gasteiger partial charge in [-0.1, -0.05) is 0 Å². The van der Waals surface area contributed by atoms with E-state index in [0.717, 1.165) is 24.9 Å². The van der Waals surface area contributed by atoms with Gasteiger partial charge in [0.25, 0.3) is 0 Å². The molecule has 2 aliphatic heterocycles. The molecule has 114 valence electrons. The number of aromatic nitrogens is 1. The van der Waals surface area contributed by atoms with Crippen molar-refractivity contribution in [3.8, 4) is 0 Å². The van der Waals surface area contributed by atoms with Crippen molar-refractivity contribution in [1.29, 1.82) is 0 Å². The van der Waals surface area contributed by atoms with Crippen LogP contribution in [0.15, 0.2) is 18.3 Å². The number of esters is 1. The highest BCUT2D eigenvalue weighted by atomic mass is 16.5. The Hall–Kier alpha value is -1.62. The third-order valence-electron chi connectivity index (χ3n) is 4.73. The van der Waals surface area contributed by atoms with Crippen LogP contribution in [0.2, 0.25) is 0 Å². The lowest BCUT2D eigenvalue weighted by Gasteiger charge is -2.26. The molecule has 2 unspecified atom stereocenters. The molecule has 2 bridgehead atoms. The molecule has 0 aliphatic carbocycles. The van der Waals surface area contributed by atoms with E-state index in [-0.39, 0.29) is 5.97 Å². The third kappa shape index (κ3) is 2.88. The molecule has 1 aromatic rings. The highest BCUT2D eigenvalue weighted by Gasteiger charge is 2.34. The van der Waals surface area contributed by atoms with E-state index in [9.17, 15) is 4.79 Å². The molecule has 0 spiro atoms. The van der Waals surface area contributed by atoms with Crippen LogP contribution in [0.25, 0.3) is 0 Å². The number of hydrogen-bond donors (Lipinski definition) is 0. The Morgan fingerprint density at radius 3 is 2.86 bits per heavy atom. The molecule has 0 saturated carbocycles. The number of pyridine rings is 1. The molecule has 0 radical (unpaired) electrons. The lowest BCUT2D eigenvalue weighted by Crippen LogP contribution is -2.36. The van der Waals surface area contributed by atoms with Gasteiger partial charge in [-0.25, -0.2) is 9.78 Å². The van der Waals surface area contributed by atoms with Crippen LogP contribution in [0.1, 0.15) is 36.5 Å². The van der Waals surface area contributed by atoms with E-state index in [2.05, 4.69) is 21.8 Å². The molecule has 5 nitrogen and oxygen atoms in total. The minimum Gasteiger partial charge on any atom is -0.462 e. The second-order valence-corrected chi connectivity index (χ2v) is 5.91. The standard InChI is InChI=1S/C16H23N3O2/c1-3-21-16(20)12-4-7-15(17-10-12)19-9-8-13-5-6-14(11-19)18(13)2/h4,7,10,13-14H,3,5-6,8-9,11H2,1-2H3. The predicted octanol–water partition coefficient (Wildman–Crippen LogP) is 1.93. The van der Waals surface area contributed by atoms with Crippen LogP contribution in [0.4, 0.5) is 5.82 Å². The van der Waals surface area contributed by atoms with E-state index in [1.54, 1.807) is 6.20 Å². The SMILES string of the molecule is CCOC(=O)c1ccc(N2CCC3CCC(C2)N3C)nc1. The molecule has 0 amide bonds. The van der Waals surface area contributed by atoms with Crippen LogP contribution in [0.5, 0.6) is 0 Å². The van der Waals surface area contributed by atoms with Crippen molar-refractivity contribution in [2.75, 3.05) is 31.6 Å². The first kappa shape index (κ1) is 14.3. The Morgan fingerprint density at radius 1 is 1.33 bits per heavy atom. The lowest BCUT2D eigenvalue weighted by atomic mass is 10.1. The van der Waals surface area contributed by atoms with Gasteiger partial charge in [0, 0.05) is 31.4 Å². The van der Waals surface area contributed by atoms with Crippen LogP contribution in [0.3, 0.4) is 0 Å². The zero-order chi connectivity index (χ0) is 14.8. The number of ether oxygens (including phenoxy) is 1. The fraction of sp³-hybridized carbons (Fsp3) is 0.625. The molecule has 3 rings (SSSR count). The van der Waals surface area contributed by atoms with Gasteiger partial charge in [-0.2, -0.15) is 0 Å². The zero-order valence-electron chi connectivity index (χ0n) is 12.8. The van der Waals surface area contributed by atoms with Crippen molar-refractivity contribution < 1.29 is 9.53 Å². The van der Waals surface area contributed by atoms with Gasteiger partial charge in [0.05, 0.1) is 12.2 Å². The lowest BCUT2D eigenvalue weighted by molar-refractivity contribution is 0.0526. The van der Waals surface area contributed by atoms with E-state index in [0.29, 0.717) is 18.2 Å². The summed E-state index contributed by atoms with van der Waals surface area (Å²) in [7, 11) is 2.24. The Bertz CT molecular complexity index is 503. The number of rotatable bonds is 3. The molecule has 1 aromatic heterocycles. The number of anilines is 1. The predicted molar refractivity (Wildman–Crippen MR) is 81.6 cm³/mol. The monoisotopic (exact) mass is 289 g/mol. The molecule has 0 aromatic carbocycles. The second-order valence-electron chi connectivity index (χ2n) is 5.91. The van der Waals surface area contributed by atoms with Crippen molar-refractivity contribution in [3.63, 3.8) is 0 Å². The highest BCUT2D eigenvalue weighted by Crippen LogP contribution is 2.30. The van der Waals surface area contributed by atoms with Gasteiger partial charge in [0.1, 0.15) is 5.82 Å². The highest BCUT2D eigenvalue weighted by molar-refractivity contribution is 5.89. The molecule has 2 saturated heterocycles. The molecular weight excluding hydrogens is 266 g/mol. The summed E-state index contributed by atoms with van der Waals surface area (Å²) in [5, 5.41) is 0. The molecule has 2 aliphatic rings. The minimum atomic E-state index is -0.300. The largest absolute Gasteiger partial charge is 0.462 e. The summed E-state index contributed by atoms with van der Waals surface area (Å²) in [5.41, 5.74) is 0.522. The summed E-state index contributed by atoms with van der Waals surface area (Å²) in [6, 6.07) is 5.10. The molecule has 0 N–H and O–H groups in total. The van der Waals surface area contributed by atoms with Crippen LogP contribution in [-0.4, -0.2) is 54.7 Å². The van der Waals surface area contributed by atoms with Crippen LogP contribution < -0.4 is 4.90 Å². The number of likely N-dealkylation sites (N-methyl/N-ethyl adjacent to an activating group) is 1. The van der Waals surface area contributed by atoms with Gasteiger partial charge in [-0.3, -0.25) is 4.90 Å². The van der Waals surface area contributed by atoms with Crippen molar-refractivity contribution in [1.82, 2.24) is 9.88 Å². The Labute approximate surface area is 125 Å². The fourth-order valence-corrected chi connectivity index (χ4v) is 3.43. The number of nitrogens with zero attached hydrogens (tertiary/aromatic N) is 3. The Kier molecular flexibility index (Phi) is 4.10. The molecule has 2 fully saturated rings. The van der Waals surface area contributed by atoms with Crippen molar-refractivity contribution in [3.05, 3.63) is 23.9 Å². The first-order chi connectivity index (χ1) is 10.2. The Balaban J connectivity index is 1.71. The molecule has 5 heteroatoms. The van der Waals surface area contributed by atoms with Crippen molar-refractivity contribution >= 4 is 11.8 Å². The molecule has 3 heterocycles. The minimum absolute atomic E-state index is 0.300. The van der Waals surface area contributed by atoms with Crippen LogP contribution in [-0.2, 0) is 4.74 Å². The number of hydrogen-bond acceptors (Lipinski definition) is 5. The topological polar surface area (TPSA) is 45.7 Å². The van der Waals surface area contributed by atoms with Crippen LogP contribution in [0, 0.1) is 0 Å². The number of fused-ring (bicyclic) bond motifs is 2. The summed E-state index contributed by atoms with van der Waals surface area (Å²) >= 11 is 0. The number of carbonyl (C=O) groups is 1. The van der Waals surface area contributed by atoms with Gasteiger partial charge in [-0.15, -0.1) is 0 Å². The average Bonchev–Trinajstić information content (AvgIpc) is 2.73. The maximum atomic E-state index is 11.7. The van der Waals surface area contributed by atoms with Gasteiger partial charge < -0.3 is 9.64 Å². The third-order valence-corrected chi connectivity index (χ3v) is 4.73.